The number of amides is 1. The Morgan fingerprint density at radius 1 is 1.43 bits per heavy atom. The number of nitrogens with two attached hydrogens (primary N) is 1. The van der Waals surface area contributed by atoms with Crippen LogP contribution < -0.4 is 5.73 Å². The molecule has 1 rings (SSSR count). The summed E-state index contributed by atoms with van der Waals surface area (Å²) >= 11 is 0. The van der Waals surface area contributed by atoms with Crippen LogP contribution in [-0.4, -0.2) is 31.4 Å². The van der Waals surface area contributed by atoms with E-state index in [0.717, 1.165) is 12.3 Å². The second-order valence-electron chi connectivity index (χ2n) is 4.55. The van der Waals surface area contributed by atoms with Crippen LogP contribution in [0.1, 0.15) is 32.1 Å². The average Bonchev–Trinajstić information content (AvgIpc) is 2.65. The van der Waals surface area contributed by atoms with E-state index in [9.17, 15) is 4.79 Å². The van der Waals surface area contributed by atoms with Crippen LogP contribution in [0.2, 0.25) is 0 Å². The summed E-state index contributed by atoms with van der Waals surface area (Å²) < 4.78 is 0. The molecule has 0 aromatic carbocycles. The van der Waals surface area contributed by atoms with E-state index in [1.54, 1.807) is 19.0 Å². The summed E-state index contributed by atoms with van der Waals surface area (Å²) in [6.07, 6.45) is 6.23. The van der Waals surface area contributed by atoms with Crippen LogP contribution in [0.3, 0.4) is 0 Å². The van der Waals surface area contributed by atoms with Crippen molar-refractivity contribution in [2.24, 2.45) is 17.6 Å². The number of rotatable bonds is 4. The third kappa shape index (κ3) is 2.98. The lowest BCUT2D eigenvalue weighted by atomic mass is 9.92. The SMILES string of the molecule is CN(C)C(=O)C(CN)CC1CCCC1. The van der Waals surface area contributed by atoms with Crippen LogP contribution in [0.5, 0.6) is 0 Å². The van der Waals surface area contributed by atoms with Gasteiger partial charge in [-0.1, -0.05) is 25.7 Å². The molecule has 1 atom stereocenters. The van der Waals surface area contributed by atoms with Crippen molar-refractivity contribution in [1.82, 2.24) is 4.90 Å². The molecule has 3 nitrogen and oxygen atoms in total. The second kappa shape index (κ2) is 5.35. The first-order chi connectivity index (χ1) is 6.65. The molecule has 3 heteroatoms. The molecule has 1 saturated carbocycles. The Bertz CT molecular complexity index is 186. The summed E-state index contributed by atoms with van der Waals surface area (Å²) in [4.78, 5) is 13.4. The third-order valence-corrected chi connectivity index (χ3v) is 3.17. The molecule has 0 saturated heterocycles. The lowest BCUT2D eigenvalue weighted by Gasteiger charge is -2.21. The summed E-state index contributed by atoms with van der Waals surface area (Å²) in [6.45, 7) is 0.494. The van der Waals surface area contributed by atoms with Gasteiger partial charge in [0.2, 0.25) is 5.91 Å². The maximum atomic E-state index is 11.7. The molecule has 1 fully saturated rings. The normalized spacial score (nSPS) is 19.6. The van der Waals surface area contributed by atoms with Crippen LogP contribution in [0, 0.1) is 11.8 Å². The monoisotopic (exact) mass is 198 g/mol. The Labute approximate surface area is 86.6 Å². The highest BCUT2D eigenvalue weighted by molar-refractivity contribution is 5.78. The first-order valence-electron chi connectivity index (χ1n) is 5.56. The van der Waals surface area contributed by atoms with E-state index in [2.05, 4.69) is 0 Å². The smallest absolute Gasteiger partial charge is 0.226 e. The number of hydrogen-bond acceptors (Lipinski definition) is 2. The van der Waals surface area contributed by atoms with Gasteiger partial charge in [-0.15, -0.1) is 0 Å². The predicted octanol–water partition coefficient (Wildman–Crippen LogP) is 1.23. The zero-order valence-electron chi connectivity index (χ0n) is 9.33. The Kier molecular flexibility index (Phi) is 4.39. The number of carbonyl (C=O) groups excluding carboxylic acids is 1. The molecule has 1 aliphatic carbocycles. The molecular formula is C11H22N2O. The minimum atomic E-state index is 0.0492. The second-order valence-corrected chi connectivity index (χ2v) is 4.55. The third-order valence-electron chi connectivity index (χ3n) is 3.17. The van der Waals surface area contributed by atoms with Crippen LogP contribution in [-0.2, 0) is 4.79 Å². The molecule has 0 heterocycles. The van der Waals surface area contributed by atoms with Gasteiger partial charge in [0.05, 0.1) is 5.92 Å². The molecule has 0 aromatic rings. The molecular weight excluding hydrogens is 176 g/mol. The quantitative estimate of drug-likeness (QED) is 0.738. The van der Waals surface area contributed by atoms with E-state index >= 15 is 0 Å². The van der Waals surface area contributed by atoms with Gasteiger partial charge in [-0.05, 0) is 12.3 Å². The van der Waals surface area contributed by atoms with Crippen molar-refractivity contribution >= 4 is 5.91 Å². The van der Waals surface area contributed by atoms with Crippen LogP contribution >= 0.6 is 0 Å². The molecule has 1 aliphatic rings. The molecule has 0 aromatic heterocycles. The van der Waals surface area contributed by atoms with Gasteiger partial charge in [0.25, 0.3) is 0 Å². The average molecular weight is 198 g/mol. The lowest BCUT2D eigenvalue weighted by molar-refractivity contribution is -0.133. The van der Waals surface area contributed by atoms with E-state index in [1.165, 1.54) is 25.7 Å². The van der Waals surface area contributed by atoms with Gasteiger partial charge < -0.3 is 10.6 Å². The maximum absolute atomic E-state index is 11.7. The van der Waals surface area contributed by atoms with Gasteiger partial charge in [-0.25, -0.2) is 0 Å². The minimum absolute atomic E-state index is 0.0492. The fraction of sp³-hybridized carbons (Fsp3) is 0.909. The number of nitrogens with zero attached hydrogens (tertiary/aromatic N) is 1. The first-order valence-corrected chi connectivity index (χ1v) is 5.56. The molecule has 1 amide bonds. The largest absolute Gasteiger partial charge is 0.349 e. The summed E-state index contributed by atoms with van der Waals surface area (Å²) in [5, 5.41) is 0. The summed E-state index contributed by atoms with van der Waals surface area (Å²) in [5.74, 6) is 0.986. The van der Waals surface area contributed by atoms with Crippen LogP contribution in [0.4, 0.5) is 0 Å². The Hall–Kier alpha value is -0.570. The summed E-state index contributed by atoms with van der Waals surface area (Å²) in [7, 11) is 3.61. The van der Waals surface area contributed by atoms with E-state index in [4.69, 9.17) is 5.73 Å². The minimum Gasteiger partial charge on any atom is -0.349 e. The lowest BCUT2D eigenvalue weighted by Crippen LogP contribution is -2.35. The molecule has 0 spiro atoms. The van der Waals surface area contributed by atoms with Gasteiger partial charge in [0.15, 0.2) is 0 Å². The Balaban J connectivity index is 2.41. The highest BCUT2D eigenvalue weighted by atomic mass is 16.2. The Morgan fingerprint density at radius 2 is 2.00 bits per heavy atom. The molecule has 82 valence electrons. The predicted molar refractivity (Wildman–Crippen MR) is 57.8 cm³/mol. The van der Waals surface area contributed by atoms with Gasteiger partial charge in [0.1, 0.15) is 0 Å². The van der Waals surface area contributed by atoms with Crippen molar-refractivity contribution in [2.75, 3.05) is 20.6 Å². The fourth-order valence-corrected chi connectivity index (χ4v) is 2.31. The molecule has 0 radical (unpaired) electrons. The summed E-state index contributed by atoms with van der Waals surface area (Å²) in [6, 6.07) is 0. The van der Waals surface area contributed by atoms with E-state index in [0.29, 0.717) is 6.54 Å². The number of carbonyl (C=O) groups is 1. The van der Waals surface area contributed by atoms with Crippen molar-refractivity contribution in [1.29, 1.82) is 0 Å². The van der Waals surface area contributed by atoms with Crippen LogP contribution in [0.15, 0.2) is 0 Å². The zero-order chi connectivity index (χ0) is 10.6. The molecule has 0 bridgehead atoms. The highest BCUT2D eigenvalue weighted by Gasteiger charge is 2.24. The van der Waals surface area contributed by atoms with Crippen molar-refractivity contribution in [3.63, 3.8) is 0 Å². The summed E-state index contributed by atoms with van der Waals surface area (Å²) in [5.41, 5.74) is 5.64. The van der Waals surface area contributed by atoms with Gasteiger partial charge in [-0.2, -0.15) is 0 Å². The van der Waals surface area contributed by atoms with Gasteiger partial charge in [-0.3, -0.25) is 4.79 Å². The fourth-order valence-electron chi connectivity index (χ4n) is 2.31. The van der Waals surface area contributed by atoms with E-state index < -0.39 is 0 Å². The topological polar surface area (TPSA) is 46.3 Å². The molecule has 14 heavy (non-hydrogen) atoms. The van der Waals surface area contributed by atoms with Crippen molar-refractivity contribution in [3.05, 3.63) is 0 Å². The van der Waals surface area contributed by atoms with E-state index in [-0.39, 0.29) is 11.8 Å². The van der Waals surface area contributed by atoms with Crippen molar-refractivity contribution in [3.8, 4) is 0 Å². The van der Waals surface area contributed by atoms with E-state index in [1.807, 2.05) is 0 Å². The standard InChI is InChI=1S/C11H22N2O/c1-13(2)11(14)10(8-12)7-9-5-3-4-6-9/h9-10H,3-8,12H2,1-2H3. The van der Waals surface area contributed by atoms with Gasteiger partial charge >= 0.3 is 0 Å². The highest BCUT2D eigenvalue weighted by Crippen LogP contribution is 2.30. The van der Waals surface area contributed by atoms with Crippen molar-refractivity contribution in [2.45, 2.75) is 32.1 Å². The first kappa shape index (κ1) is 11.5. The molecule has 2 N–H and O–H groups in total. The molecule has 0 aliphatic heterocycles. The van der Waals surface area contributed by atoms with Crippen molar-refractivity contribution < 1.29 is 4.79 Å². The molecule has 1 unspecified atom stereocenters. The number of hydrogen-bond donors (Lipinski definition) is 1. The maximum Gasteiger partial charge on any atom is 0.226 e. The Morgan fingerprint density at radius 3 is 2.43 bits per heavy atom. The van der Waals surface area contributed by atoms with Crippen LogP contribution in [0.25, 0.3) is 0 Å². The zero-order valence-corrected chi connectivity index (χ0v) is 9.33. The van der Waals surface area contributed by atoms with Gasteiger partial charge in [0, 0.05) is 20.6 Å².